The molecule has 0 aliphatic carbocycles. The molecule has 0 atom stereocenters. The van der Waals surface area contributed by atoms with Crippen LogP contribution in [0.15, 0.2) is 12.3 Å². The van der Waals surface area contributed by atoms with Crippen molar-refractivity contribution < 1.29 is 23.7 Å². The van der Waals surface area contributed by atoms with Crippen molar-refractivity contribution >= 4 is 29.0 Å². The van der Waals surface area contributed by atoms with Gasteiger partial charge in [0.15, 0.2) is 11.5 Å². The minimum Gasteiger partial charge on any atom is -0.494 e. The Kier molecular flexibility index (Phi) is 5.98. The number of ether oxygens (including phenoxy) is 4. The molecule has 0 aliphatic rings. The number of hydrogen-bond acceptors (Lipinski definition) is 6. The van der Waals surface area contributed by atoms with Crippen LogP contribution in [0.4, 0.5) is 0 Å². The highest BCUT2D eigenvalue weighted by atomic mass is 35.5. The van der Waals surface area contributed by atoms with Crippen molar-refractivity contribution in [1.82, 2.24) is 4.98 Å². The number of benzene rings is 1. The highest BCUT2D eigenvalue weighted by Crippen LogP contribution is 2.44. The largest absolute Gasteiger partial charge is 0.494 e. The Morgan fingerprint density at radius 3 is 2.04 bits per heavy atom. The fraction of sp³-hybridized carbons (Fsp3) is 0.294. The van der Waals surface area contributed by atoms with Gasteiger partial charge < -0.3 is 18.9 Å². The van der Waals surface area contributed by atoms with Crippen molar-refractivity contribution in [2.75, 3.05) is 28.4 Å². The Bertz CT molecular complexity index is 823. The summed E-state index contributed by atoms with van der Waals surface area (Å²) in [6, 6.07) is 1.68. The summed E-state index contributed by atoms with van der Waals surface area (Å²) >= 11 is 12.2. The van der Waals surface area contributed by atoms with Gasteiger partial charge in [0.1, 0.15) is 10.9 Å². The van der Waals surface area contributed by atoms with E-state index >= 15 is 0 Å². The summed E-state index contributed by atoms with van der Waals surface area (Å²) < 4.78 is 21.3. The number of halogens is 2. The molecular weight excluding hydrogens is 369 g/mol. The van der Waals surface area contributed by atoms with Gasteiger partial charge in [-0.2, -0.15) is 0 Å². The van der Waals surface area contributed by atoms with Gasteiger partial charge in [0.2, 0.25) is 11.5 Å². The molecule has 0 unspecified atom stereocenters. The summed E-state index contributed by atoms with van der Waals surface area (Å²) in [7, 11) is 5.81. The molecule has 0 aliphatic heterocycles. The lowest BCUT2D eigenvalue weighted by atomic mass is 9.97. The number of hydrogen-bond donors (Lipinski definition) is 0. The molecule has 0 amide bonds. The zero-order valence-electron chi connectivity index (χ0n) is 14.4. The fourth-order valence-electron chi connectivity index (χ4n) is 2.50. The highest BCUT2D eigenvalue weighted by Gasteiger charge is 2.29. The van der Waals surface area contributed by atoms with Crippen LogP contribution < -0.4 is 18.9 Å². The summed E-state index contributed by atoms with van der Waals surface area (Å²) in [5.41, 5.74) is 0.978. The van der Waals surface area contributed by atoms with E-state index in [1.54, 1.807) is 13.0 Å². The maximum atomic E-state index is 13.2. The Labute approximate surface area is 155 Å². The highest BCUT2D eigenvalue weighted by molar-refractivity contribution is 6.44. The number of methoxy groups -OCH3 is 4. The third-order valence-electron chi connectivity index (χ3n) is 3.64. The predicted octanol–water partition coefficient (Wildman–Crippen LogP) is 3.96. The number of ketones is 1. The number of carbonyl (C=O) groups is 1. The van der Waals surface area contributed by atoms with Gasteiger partial charge in [-0.05, 0) is 18.6 Å². The van der Waals surface area contributed by atoms with Crippen molar-refractivity contribution in [1.29, 1.82) is 0 Å². The van der Waals surface area contributed by atoms with E-state index in [2.05, 4.69) is 4.98 Å². The summed E-state index contributed by atoms with van der Waals surface area (Å²) in [6.07, 6.45) is 1.34. The zero-order chi connectivity index (χ0) is 18.7. The van der Waals surface area contributed by atoms with Gasteiger partial charge in [-0.15, -0.1) is 0 Å². The Morgan fingerprint density at radius 1 is 0.920 bits per heavy atom. The molecule has 0 bridgehead atoms. The minimum atomic E-state index is -0.429. The molecule has 1 aromatic carbocycles. The molecule has 1 heterocycles. The van der Waals surface area contributed by atoms with Crippen molar-refractivity contribution in [3.8, 4) is 23.0 Å². The number of carbonyl (C=O) groups excluding carboxylic acids is 1. The van der Waals surface area contributed by atoms with Gasteiger partial charge in [0.25, 0.3) is 0 Å². The predicted molar refractivity (Wildman–Crippen MR) is 95.1 cm³/mol. The summed E-state index contributed by atoms with van der Waals surface area (Å²) in [6.45, 7) is 1.75. The molecule has 0 fully saturated rings. The third-order valence-corrected chi connectivity index (χ3v) is 4.39. The monoisotopic (exact) mass is 385 g/mol. The lowest BCUT2D eigenvalue weighted by Crippen LogP contribution is -2.11. The van der Waals surface area contributed by atoms with E-state index in [1.165, 1.54) is 34.6 Å². The average Bonchev–Trinajstić information content (AvgIpc) is 2.61. The molecule has 0 saturated heterocycles. The minimum absolute atomic E-state index is 0.00209. The van der Waals surface area contributed by atoms with E-state index in [9.17, 15) is 4.79 Å². The van der Waals surface area contributed by atoms with E-state index in [4.69, 9.17) is 42.1 Å². The van der Waals surface area contributed by atoms with Crippen LogP contribution in [-0.2, 0) is 0 Å². The van der Waals surface area contributed by atoms with Gasteiger partial charge >= 0.3 is 0 Å². The van der Waals surface area contributed by atoms with Crippen molar-refractivity contribution in [2.24, 2.45) is 0 Å². The first-order valence-corrected chi connectivity index (χ1v) is 7.89. The number of aromatic nitrogens is 1. The molecule has 134 valence electrons. The zero-order valence-corrected chi connectivity index (χ0v) is 15.9. The molecule has 0 N–H and O–H groups in total. The average molecular weight is 386 g/mol. The lowest BCUT2D eigenvalue weighted by molar-refractivity contribution is 0.103. The maximum absolute atomic E-state index is 13.2. The Morgan fingerprint density at radius 2 is 1.52 bits per heavy atom. The molecule has 0 spiro atoms. The molecule has 0 saturated carbocycles. The van der Waals surface area contributed by atoms with Gasteiger partial charge in [-0.1, -0.05) is 23.2 Å². The second-order valence-electron chi connectivity index (χ2n) is 4.97. The van der Waals surface area contributed by atoms with Gasteiger partial charge in [0, 0.05) is 0 Å². The number of aryl methyl sites for hydroxylation is 1. The summed E-state index contributed by atoms with van der Waals surface area (Å²) in [5, 5.41) is 0.00479. The molecule has 2 aromatic rings. The SMILES string of the molecule is COc1cc(C)c(C(=O)c2c(OC)cnc(Cl)c2Cl)c(OC)c1OC. The molecule has 6 nitrogen and oxygen atoms in total. The van der Waals surface area contributed by atoms with Crippen LogP contribution in [0.25, 0.3) is 0 Å². The summed E-state index contributed by atoms with van der Waals surface area (Å²) in [4.78, 5) is 17.1. The first kappa shape index (κ1) is 19.1. The van der Waals surface area contributed by atoms with E-state index in [1.807, 2.05) is 0 Å². The second-order valence-corrected chi connectivity index (χ2v) is 5.71. The fourth-order valence-corrected chi connectivity index (χ4v) is 2.87. The number of pyridine rings is 1. The van der Waals surface area contributed by atoms with E-state index in [0.29, 0.717) is 17.1 Å². The van der Waals surface area contributed by atoms with Crippen molar-refractivity contribution in [2.45, 2.75) is 6.92 Å². The first-order chi connectivity index (χ1) is 11.9. The maximum Gasteiger partial charge on any atom is 0.204 e. The van der Waals surface area contributed by atoms with Crippen LogP contribution in [0.3, 0.4) is 0 Å². The summed E-state index contributed by atoms with van der Waals surface area (Å²) in [5.74, 6) is 0.751. The lowest BCUT2D eigenvalue weighted by Gasteiger charge is -2.18. The molecule has 25 heavy (non-hydrogen) atoms. The number of nitrogens with zero attached hydrogens (tertiary/aromatic N) is 1. The molecule has 8 heteroatoms. The van der Waals surface area contributed by atoms with Crippen LogP contribution in [-0.4, -0.2) is 39.2 Å². The number of rotatable bonds is 6. The van der Waals surface area contributed by atoms with Crippen molar-refractivity contribution in [3.63, 3.8) is 0 Å². The topological polar surface area (TPSA) is 66.9 Å². The molecule has 0 radical (unpaired) electrons. The standard InChI is InChI=1S/C17H17Cl2NO5/c1-8-6-9(22-2)15(24-4)16(25-5)11(8)14(21)12-10(23-3)7-20-17(19)13(12)18/h6-7H,1-5H3. The molecule has 2 rings (SSSR count). The van der Waals surface area contributed by atoms with Crippen molar-refractivity contribution in [3.05, 3.63) is 39.1 Å². The Hall–Kier alpha value is -2.18. The van der Waals surface area contributed by atoms with Crippen LogP contribution in [0.1, 0.15) is 21.5 Å². The van der Waals surface area contributed by atoms with Gasteiger partial charge in [-0.25, -0.2) is 4.98 Å². The molecular formula is C17H17Cl2NO5. The Balaban J connectivity index is 2.79. The second kappa shape index (κ2) is 7.80. The van der Waals surface area contributed by atoms with Crippen LogP contribution >= 0.6 is 23.2 Å². The van der Waals surface area contributed by atoms with Gasteiger partial charge in [0.05, 0.1) is 50.8 Å². The third kappa shape index (κ3) is 3.32. The van der Waals surface area contributed by atoms with E-state index < -0.39 is 5.78 Å². The quantitative estimate of drug-likeness (QED) is 0.553. The van der Waals surface area contributed by atoms with Crippen LogP contribution in [0, 0.1) is 6.92 Å². The van der Waals surface area contributed by atoms with Gasteiger partial charge in [-0.3, -0.25) is 4.79 Å². The van der Waals surface area contributed by atoms with Crippen LogP contribution in [0.2, 0.25) is 10.2 Å². The van der Waals surface area contributed by atoms with Crippen LogP contribution in [0.5, 0.6) is 23.0 Å². The van der Waals surface area contributed by atoms with E-state index in [0.717, 1.165) is 0 Å². The smallest absolute Gasteiger partial charge is 0.204 e. The first-order valence-electron chi connectivity index (χ1n) is 7.13. The van der Waals surface area contributed by atoms with E-state index in [-0.39, 0.29) is 32.8 Å². The molecule has 1 aromatic heterocycles. The normalized spacial score (nSPS) is 10.4.